The van der Waals surface area contributed by atoms with Crippen LogP contribution in [0.1, 0.15) is 23.6 Å². The van der Waals surface area contributed by atoms with Gasteiger partial charge in [-0.15, -0.1) is 0 Å². The summed E-state index contributed by atoms with van der Waals surface area (Å²) in [6.07, 6.45) is 3.32. The summed E-state index contributed by atoms with van der Waals surface area (Å²) in [4.78, 5) is 14.3. The molecule has 0 bridgehead atoms. The topological polar surface area (TPSA) is 62.6 Å². The fourth-order valence-corrected chi connectivity index (χ4v) is 2.69. The number of nitrogens with zero attached hydrogens (tertiary/aromatic N) is 2. The van der Waals surface area contributed by atoms with Crippen molar-refractivity contribution >= 4 is 12.0 Å². The largest absolute Gasteiger partial charge is 0.486 e. The molecule has 0 N–H and O–H groups in total. The van der Waals surface area contributed by atoms with Gasteiger partial charge in [-0.2, -0.15) is 5.26 Å². The Kier molecular flexibility index (Phi) is 5.55. The number of benzene rings is 2. The predicted molar refractivity (Wildman–Crippen MR) is 98.7 cm³/mol. The Morgan fingerprint density at radius 3 is 2.58 bits per heavy atom. The predicted octanol–water partition coefficient (Wildman–Crippen LogP) is 3.39. The lowest BCUT2D eigenvalue weighted by Gasteiger charge is -2.22. The van der Waals surface area contributed by atoms with Crippen LogP contribution in [0.15, 0.2) is 48.5 Å². The quantitative estimate of drug-likeness (QED) is 0.777. The van der Waals surface area contributed by atoms with E-state index in [4.69, 9.17) is 14.7 Å². The van der Waals surface area contributed by atoms with Gasteiger partial charge in [0, 0.05) is 19.2 Å². The summed E-state index contributed by atoms with van der Waals surface area (Å²) >= 11 is 0. The van der Waals surface area contributed by atoms with E-state index in [9.17, 15) is 4.79 Å². The van der Waals surface area contributed by atoms with Crippen LogP contribution < -0.4 is 9.47 Å². The summed E-state index contributed by atoms with van der Waals surface area (Å²) in [6.45, 7) is 4.16. The molecule has 0 saturated heterocycles. The number of fused-ring (bicyclic) bond motifs is 1. The van der Waals surface area contributed by atoms with Crippen molar-refractivity contribution in [2.24, 2.45) is 0 Å². The minimum Gasteiger partial charge on any atom is -0.486 e. The zero-order chi connectivity index (χ0) is 18.4. The first-order valence-electron chi connectivity index (χ1n) is 8.55. The van der Waals surface area contributed by atoms with Crippen LogP contribution >= 0.6 is 0 Å². The Hall–Kier alpha value is -3.26. The van der Waals surface area contributed by atoms with Gasteiger partial charge in [0.1, 0.15) is 13.2 Å². The first kappa shape index (κ1) is 17.6. The maximum atomic E-state index is 12.5. The Bertz CT molecular complexity index is 851. The molecule has 3 rings (SSSR count). The third-order valence-corrected chi connectivity index (χ3v) is 4.13. The maximum Gasteiger partial charge on any atom is 0.246 e. The number of hydrogen-bond acceptors (Lipinski definition) is 4. The molecule has 2 aromatic carbocycles. The van der Waals surface area contributed by atoms with Gasteiger partial charge in [0.15, 0.2) is 11.5 Å². The molecule has 0 aliphatic carbocycles. The van der Waals surface area contributed by atoms with Crippen LogP contribution in [-0.2, 0) is 11.3 Å². The van der Waals surface area contributed by atoms with Gasteiger partial charge in [-0.25, -0.2) is 0 Å². The van der Waals surface area contributed by atoms with Gasteiger partial charge in [-0.3, -0.25) is 4.79 Å². The van der Waals surface area contributed by atoms with E-state index in [2.05, 4.69) is 6.07 Å². The molecule has 0 aromatic heterocycles. The molecule has 0 saturated carbocycles. The van der Waals surface area contributed by atoms with Crippen LogP contribution in [0.2, 0.25) is 0 Å². The van der Waals surface area contributed by atoms with Gasteiger partial charge < -0.3 is 14.4 Å². The van der Waals surface area contributed by atoms with E-state index in [1.165, 1.54) is 0 Å². The van der Waals surface area contributed by atoms with Crippen LogP contribution in [0.5, 0.6) is 11.5 Å². The molecule has 5 heteroatoms. The van der Waals surface area contributed by atoms with Gasteiger partial charge >= 0.3 is 0 Å². The molecule has 0 atom stereocenters. The summed E-state index contributed by atoms with van der Waals surface area (Å²) in [7, 11) is 0. The van der Waals surface area contributed by atoms with Crippen molar-refractivity contribution in [2.75, 3.05) is 19.8 Å². The standard InChI is InChI=1S/C21H20N2O3/c1-2-23(15-18-7-9-19-20(13-18)26-12-11-25-19)21(24)10-8-16-3-5-17(14-22)6-4-16/h3-10,13H,2,11-12,15H2,1H3/b10-8+. The smallest absolute Gasteiger partial charge is 0.246 e. The minimum atomic E-state index is -0.0632. The molecule has 0 spiro atoms. The number of amides is 1. The van der Waals surface area contributed by atoms with E-state index in [0.29, 0.717) is 31.9 Å². The third-order valence-electron chi connectivity index (χ3n) is 4.13. The minimum absolute atomic E-state index is 0.0632. The second kappa shape index (κ2) is 8.21. The fraction of sp³-hybridized carbons (Fsp3) is 0.238. The molecule has 0 radical (unpaired) electrons. The van der Waals surface area contributed by atoms with Crippen LogP contribution in [0.4, 0.5) is 0 Å². The van der Waals surface area contributed by atoms with Gasteiger partial charge in [0.2, 0.25) is 5.91 Å². The average Bonchev–Trinajstić information content (AvgIpc) is 2.70. The van der Waals surface area contributed by atoms with Crippen molar-refractivity contribution in [1.29, 1.82) is 5.26 Å². The van der Waals surface area contributed by atoms with Crippen molar-refractivity contribution in [3.8, 4) is 17.6 Å². The number of rotatable bonds is 5. The van der Waals surface area contributed by atoms with Crippen molar-refractivity contribution in [1.82, 2.24) is 4.90 Å². The van der Waals surface area contributed by atoms with E-state index in [1.807, 2.05) is 37.3 Å². The van der Waals surface area contributed by atoms with Crippen molar-refractivity contribution < 1.29 is 14.3 Å². The Balaban J connectivity index is 1.66. The average molecular weight is 348 g/mol. The summed E-state index contributed by atoms with van der Waals surface area (Å²) < 4.78 is 11.1. The van der Waals surface area contributed by atoms with Gasteiger partial charge in [-0.1, -0.05) is 18.2 Å². The zero-order valence-electron chi connectivity index (χ0n) is 14.6. The van der Waals surface area contributed by atoms with Crippen LogP contribution in [0.3, 0.4) is 0 Å². The normalized spacial score (nSPS) is 12.6. The molecule has 132 valence electrons. The fourth-order valence-electron chi connectivity index (χ4n) is 2.69. The van der Waals surface area contributed by atoms with E-state index < -0.39 is 0 Å². The first-order chi connectivity index (χ1) is 12.7. The molecule has 2 aromatic rings. The summed E-state index contributed by atoms with van der Waals surface area (Å²) in [5.74, 6) is 1.41. The number of nitriles is 1. The van der Waals surface area contributed by atoms with Crippen LogP contribution in [0.25, 0.3) is 6.08 Å². The number of likely N-dealkylation sites (N-methyl/N-ethyl adjacent to an activating group) is 1. The van der Waals surface area contributed by atoms with Gasteiger partial charge in [0.25, 0.3) is 0 Å². The lowest BCUT2D eigenvalue weighted by molar-refractivity contribution is -0.126. The number of hydrogen-bond donors (Lipinski definition) is 0. The van der Waals surface area contributed by atoms with E-state index in [0.717, 1.165) is 22.6 Å². The second-order valence-corrected chi connectivity index (χ2v) is 5.90. The molecule has 5 nitrogen and oxygen atoms in total. The molecule has 1 heterocycles. The maximum absolute atomic E-state index is 12.5. The number of carbonyl (C=O) groups is 1. The Morgan fingerprint density at radius 1 is 1.15 bits per heavy atom. The molecule has 1 aliphatic rings. The SMILES string of the molecule is CCN(Cc1ccc2c(c1)OCCO2)C(=O)/C=C/c1ccc(C#N)cc1. The highest BCUT2D eigenvalue weighted by molar-refractivity contribution is 5.91. The van der Waals surface area contributed by atoms with E-state index in [-0.39, 0.29) is 5.91 Å². The van der Waals surface area contributed by atoms with Crippen LogP contribution in [0, 0.1) is 11.3 Å². The molecular formula is C21H20N2O3. The summed E-state index contributed by atoms with van der Waals surface area (Å²) in [6, 6.07) is 14.9. The summed E-state index contributed by atoms with van der Waals surface area (Å²) in [5.41, 5.74) is 2.48. The highest BCUT2D eigenvalue weighted by atomic mass is 16.6. The van der Waals surface area contributed by atoms with Crippen molar-refractivity contribution in [3.05, 3.63) is 65.2 Å². The Morgan fingerprint density at radius 2 is 1.88 bits per heavy atom. The molecule has 1 aliphatic heterocycles. The molecule has 1 amide bonds. The zero-order valence-corrected chi connectivity index (χ0v) is 14.6. The van der Waals surface area contributed by atoms with Crippen molar-refractivity contribution in [3.63, 3.8) is 0 Å². The van der Waals surface area contributed by atoms with Gasteiger partial charge in [-0.05, 0) is 48.4 Å². The first-order valence-corrected chi connectivity index (χ1v) is 8.55. The number of ether oxygens (including phenoxy) is 2. The molecule has 26 heavy (non-hydrogen) atoms. The van der Waals surface area contributed by atoms with Crippen LogP contribution in [-0.4, -0.2) is 30.6 Å². The highest BCUT2D eigenvalue weighted by Crippen LogP contribution is 2.31. The van der Waals surface area contributed by atoms with E-state index >= 15 is 0 Å². The third kappa shape index (κ3) is 4.22. The number of carbonyl (C=O) groups excluding carboxylic acids is 1. The summed E-state index contributed by atoms with van der Waals surface area (Å²) in [5, 5.41) is 8.82. The molecule has 0 unspecified atom stereocenters. The lowest BCUT2D eigenvalue weighted by atomic mass is 10.1. The highest BCUT2D eigenvalue weighted by Gasteiger charge is 2.14. The monoisotopic (exact) mass is 348 g/mol. The van der Waals surface area contributed by atoms with Gasteiger partial charge in [0.05, 0.1) is 11.6 Å². The molecular weight excluding hydrogens is 328 g/mol. The van der Waals surface area contributed by atoms with E-state index in [1.54, 1.807) is 29.2 Å². The second-order valence-electron chi connectivity index (χ2n) is 5.90. The molecule has 0 fully saturated rings. The van der Waals surface area contributed by atoms with Crippen molar-refractivity contribution in [2.45, 2.75) is 13.5 Å². The lowest BCUT2D eigenvalue weighted by Crippen LogP contribution is -2.28. The Labute approximate surface area is 153 Å².